The number of methoxy groups -OCH3 is 2. The molecule has 7 unspecified atom stereocenters. The summed E-state index contributed by atoms with van der Waals surface area (Å²) < 4.78 is 64.1. The number of aromatic amines is 2. The first-order valence-electron chi connectivity index (χ1n) is 20.5. The fraction of sp³-hybridized carbons (Fsp3) is 0.465. The Hall–Kier alpha value is -5.88. The van der Waals surface area contributed by atoms with Crippen molar-refractivity contribution in [3.05, 3.63) is 66.3 Å². The molecule has 61 heavy (non-hydrogen) atoms. The van der Waals surface area contributed by atoms with Crippen LogP contribution in [0.15, 0.2) is 48.8 Å². The van der Waals surface area contributed by atoms with Gasteiger partial charge in [-0.05, 0) is 49.6 Å². The number of halogens is 3. The Kier molecular flexibility index (Phi) is 11.6. The van der Waals surface area contributed by atoms with Crippen LogP contribution in [0, 0.1) is 11.7 Å². The molecule has 2 fully saturated rings. The Labute approximate surface area is 350 Å². The van der Waals surface area contributed by atoms with Crippen molar-refractivity contribution in [1.29, 1.82) is 0 Å². The van der Waals surface area contributed by atoms with Gasteiger partial charge in [-0.1, -0.05) is 26.8 Å². The molecule has 0 radical (unpaired) electrons. The number of alkyl halides is 2. The average Bonchev–Trinajstić information content (AvgIpc) is 4.09. The zero-order chi connectivity index (χ0) is 43.3. The molecule has 4 N–H and O–H groups in total. The van der Waals surface area contributed by atoms with Crippen molar-refractivity contribution >= 4 is 28.8 Å². The number of benzene rings is 2. The molecular formula is C43H50F3N9O6. The van der Waals surface area contributed by atoms with Crippen LogP contribution in [-0.4, -0.2) is 111 Å². The molecule has 2 aromatic carbocycles. The molecule has 2 saturated heterocycles. The third-order valence-corrected chi connectivity index (χ3v) is 11.9. The van der Waals surface area contributed by atoms with Crippen LogP contribution in [0.1, 0.15) is 76.9 Å². The van der Waals surface area contributed by atoms with E-state index in [-0.39, 0.29) is 50.1 Å². The number of rotatable bonds is 12. The summed E-state index contributed by atoms with van der Waals surface area (Å²) in [5, 5.41) is 6.45. The van der Waals surface area contributed by atoms with Gasteiger partial charge in [0, 0.05) is 36.5 Å². The van der Waals surface area contributed by atoms with Gasteiger partial charge in [-0.15, -0.1) is 0 Å². The standard InChI is InChI=1S/C43H50F3N9O6/c1-7-29(49-20-59-5)41(56)53-18-26(44)14-34(53)39-47-16-30(50-39)23-8-9-32-25(10-23)12-33-37-28(46)11-24(13-36(37)61-22(4)55(32)33)31-17-48-40(51-31)35-15-27(45)19-54(35)42(57)38(21(2)3)52-43(58)60-6/h8-13,16-17,21-22,26-27,29,34-35,38,49H,7,14-15,18-20H2,1-6H3,(H,47,50)(H,48,51)(H,52,58). The van der Waals surface area contributed by atoms with Crippen molar-refractivity contribution in [2.45, 2.75) is 89.7 Å². The predicted molar refractivity (Wildman–Crippen MR) is 219 cm³/mol. The maximum Gasteiger partial charge on any atom is 0.407 e. The predicted octanol–water partition coefficient (Wildman–Crippen LogP) is 6.71. The second-order valence-corrected chi connectivity index (χ2v) is 16.2. The van der Waals surface area contributed by atoms with E-state index in [9.17, 15) is 23.2 Å². The van der Waals surface area contributed by atoms with E-state index in [0.717, 1.165) is 16.5 Å². The zero-order valence-electron chi connectivity index (χ0n) is 34.8. The van der Waals surface area contributed by atoms with E-state index < -0.39 is 60.6 Å². The summed E-state index contributed by atoms with van der Waals surface area (Å²) in [5.74, 6) is -0.342. The van der Waals surface area contributed by atoms with E-state index in [1.165, 1.54) is 31.4 Å². The summed E-state index contributed by atoms with van der Waals surface area (Å²) in [6.07, 6.45) is 0.0822. The molecule has 324 valence electrons. The van der Waals surface area contributed by atoms with Crippen LogP contribution >= 0.6 is 0 Å². The highest BCUT2D eigenvalue weighted by molar-refractivity contribution is 5.92. The van der Waals surface area contributed by atoms with E-state index in [1.807, 2.05) is 42.7 Å². The number of hydrogen-bond acceptors (Lipinski definition) is 9. The summed E-state index contributed by atoms with van der Waals surface area (Å²) >= 11 is 0. The van der Waals surface area contributed by atoms with Crippen LogP contribution < -0.4 is 15.4 Å². The number of amides is 3. The SMILES string of the molecule is CCC(NCOC)C(=O)N1CC(F)CC1c1ncc(-c2ccc3c(c2)cc2n3C(C)Oc3cc(-c4cnc(C5CC(F)CN5C(=O)C(NC(=O)OC)C(C)C)[nH]4)cc(F)c3-2)[nH]1. The molecule has 18 heteroatoms. The number of carbonyl (C=O) groups excluding carboxylic acids is 3. The van der Waals surface area contributed by atoms with Gasteiger partial charge in [0.15, 0.2) is 6.23 Å². The number of H-pyrrole nitrogens is 2. The van der Waals surface area contributed by atoms with Gasteiger partial charge in [-0.25, -0.2) is 27.9 Å². The fourth-order valence-electron chi connectivity index (χ4n) is 8.85. The molecular weight excluding hydrogens is 796 g/mol. The lowest BCUT2D eigenvalue weighted by atomic mass is 10.0. The Morgan fingerprint density at radius 3 is 2.16 bits per heavy atom. The molecule has 6 heterocycles. The molecule has 0 spiro atoms. The van der Waals surface area contributed by atoms with Crippen molar-refractivity contribution in [2.24, 2.45) is 5.92 Å². The highest BCUT2D eigenvalue weighted by Gasteiger charge is 2.43. The largest absolute Gasteiger partial charge is 0.470 e. The van der Waals surface area contributed by atoms with Crippen molar-refractivity contribution in [3.8, 4) is 39.5 Å². The molecule has 0 bridgehead atoms. The number of hydrogen-bond donors (Lipinski definition) is 4. The van der Waals surface area contributed by atoms with E-state index in [4.69, 9.17) is 14.2 Å². The van der Waals surface area contributed by atoms with Crippen LogP contribution in [0.5, 0.6) is 5.75 Å². The second-order valence-electron chi connectivity index (χ2n) is 16.2. The molecule has 0 aliphatic carbocycles. The molecule has 5 aromatic rings. The van der Waals surface area contributed by atoms with Gasteiger partial charge >= 0.3 is 6.09 Å². The number of nitrogens with one attached hydrogen (secondary N) is 4. The lowest BCUT2D eigenvalue weighted by molar-refractivity contribution is -0.136. The Balaban J connectivity index is 1.04. The lowest BCUT2D eigenvalue weighted by Crippen LogP contribution is -2.51. The minimum Gasteiger partial charge on any atom is -0.470 e. The Morgan fingerprint density at radius 1 is 0.918 bits per heavy atom. The number of imidazole rings is 2. The third kappa shape index (κ3) is 7.82. The molecule has 3 amide bonds. The third-order valence-electron chi connectivity index (χ3n) is 11.9. The number of fused-ring (bicyclic) bond motifs is 5. The van der Waals surface area contributed by atoms with E-state index >= 15 is 4.39 Å². The number of aromatic nitrogens is 5. The molecule has 3 aromatic heterocycles. The van der Waals surface area contributed by atoms with Crippen LogP contribution in [0.25, 0.3) is 44.7 Å². The molecule has 3 aliphatic heterocycles. The summed E-state index contributed by atoms with van der Waals surface area (Å²) in [6.45, 7) is 7.32. The van der Waals surface area contributed by atoms with E-state index in [2.05, 4.69) is 30.6 Å². The smallest absolute Gasteiger partial charge is 0.407 e. The van der Waals surface area contributed by atoms with E-state index in [1.54, 1.807) is 31.0 Å². The first-order valence-corrected chi connectivity index (χ1v) is 20.5. The number of likely N-dealkylation sites (tertiary alicyclic amines) is 2. The quantitative estimate of drug-likeness (QED) is 0.0997. The molecule has 8 rings (SSSR count). The molecule has 3 aliphatic rings. The zero-order valence-corrected chi connectivity index (χ0v) is 34.8. The van der Waals surface area contributed by atoms with Crippen molar-refractivity contribution < 1.29 is 41.8 Å². The fourth-order valence-corrected chi connectivity index (χ4v) is 8.85. The number of ether oxygens (including phenoxy) is 3. The first-order chi connectivity index (χ1) is 29.3. The lowest BCUT2D eigenvalue weighted by Gasteiger charge is -2.29. The minimum absolute atomic E-state index is 0.00143. The van der Waals surface area contributed by atoms with Gasteiger partial charge in [-0.2, -0.15) is 0 Å². The molecule has 15 nitrogen and oxygen atoms in total. The van der Waals surface area contributed by atoms with Crippen molar-refractivity contribution in [3.63, 3.8) is 0 Å². The maximum atomic E-state index is 16.4. The first kappa shape index (κ1) is 41.8. The summed E-state index contributed by atoms with van der Waals surface area (Å²) in [5.41, 5.74) is 4.11. The van der Waals surface area contributed by atoms with Gasteiger partial charge in [-0.3, -0.25) is 14.9 Å². The molecule has 7 atom stereocenters. The average molecular weight is 846 g/mol. The van der Waals surface area contributed by atoms with Crippen molar-refractivity contribution in [1.82, 2.24) is 44.9 Å². The van der Waals surface area contributed by atoms with Crippen LogP contribution in [-0.2, 0) is 19.1 Å². The van der Waals surface area contributed by atoms with Crippen LogP contribution in [0.2, 0.25) is 0 Å². The number of alkyl carbamates (subject to hydrolysis) is 1. The monoisotopic (exact) mass is 845 g/mol. The second kappa shape index (κ2) is 16.9. The minimum atomic E-state index is -1.31. The normalized spacial score (nSPS) is 22.0. The summed E-state index contributed by atoms with van der Waals surface area (Å²) in [7, 11) is 2.74. The van der Waals surface area contributed by atoms with Gasteiger partial charge in [0.05, 0.1) is 85.6 Å². The van der Waals surface area contributed by atoms with Gasteiger partial charge in [0.2, 0.25) is 11.8 Å². The topological polar surface area (TPSA) is 172 Å². The van der Waals surface area contributed by atoms with Crippen molar-refractivity contribution in [2.75, 3.05) is 34.0 Å². The highest BCUT2D eigenvalue weighted by Crippen LogP contribution is 2.46. The Bertz CT molecular complexity index is 2450. The van der Waals surface area contributed by atoms with Gasteiger partial charge in [0.1, 0.15) is 41.6 Å². The maximum absolute atomic E-state index is 16.4. The van der Waals surface area contributed by atoms with E-state index in [0.29, 0.717) is 46.5 Å². The summed E-state index contributed by atoms with van der Waals surface area (Å²) in [6, 6.07) is 8.09. The molecule has 0 saturated carbocycles. The van der Waals surface area contributed by atoms with Crippen LogP contribution in [0.3, 0.4) is 0 Å². The highest BCUT2D eigenvalue weighted by atomic mass is 19.1. The number of nitrogens with zero attached hydrogens (tertiary/aromatic N) is 5. The van der Waals surface area contributed by atoms with Gasteiger partial charge < -0.3 is 43.9 Å². The number of carbonyl (C=O) groups is 3. The van der Waals surface area contributed by atoms with Crippen LogP contribution in [0.4, 0.5) is 18.0 Å². The summed E-state index contributed by atoms with van der Waals surface area (Å²) in [4.78, 5) is 57.6. The van der Waals surface area contributed by atoms with Gasteiger partial charge in [0.25, 0.3) is 0 Å². The Morgan fingerprint density at radius 2 is 1.56 bits per heavy atom.